The molecule has 8 nitrogen and oxygen atoms in total. The normalized spacial score (nSPS) is 14.2. The van der Waals surface area contributed by atoms with E-state index < -0.39 is 0 Å². The van der Waals surface area contributed by atoms with Crippen LogP contribution in [0.2, 0.25) is 0 Å². The fourth-order valence-electron chi connectivity index (χ4n) is 4.02. The number of carbonyl (C=O) groups excluding carboxylic acids is 2. The zero-order valence-corrected chi connectivity index (χ0v) is 21.3. The van der Waals surface area contributed by atoms with Crippen LogP contribution in [0.25, 0.3) is 12.2 Å². The number of nitrogens with zero attached hydrogens (tertiary/aromatic N) is 1. The van der Waals surface area contributed by atoms with Gasteiger partial charge in [0.15, 0.2) is 23.0 Å². The molecule has 1 saturated heterocycles. The third-order valence-electron chi connectivity index (χ3n) is 6.15. The van der Waals surface area contributed by atoms with Crippen LogP contribution in [0, 0.1) is 5.92 Å². The first kappa shape index (κ1) is 26.7. The van der Waals surface area contributed by atoms with Crippen molar-refractivity contribution in [3.8, 4) is 23.0 Å². The molecule has 192 valence electrons. The molecular formula is C28H34N2O6. The Morgan fingerprint density at radius 1 is 0.806 bits per heavy atom. The van der Waals surface area contributed by atoms with Gasteiger partial charge in [-0.3, -0.25) is 9.59 Å². The fourth-order valence-corrected chi connectivity index (χ4v) is 4.02. The number of nitrogens with one attached hydrogen (secondary N) is 1. The van der Waals surface area contributed by atoms with Crippen molar-refractivity contribution in [3.63, 3.8) is 0 Å². The van der Waals surface area contributed by atoms with Gasteiger partial charge in [-0.15, -0.1) is 0 Å². The van der Waals surface area contributed by atoms with Gasteiger partial charge < -0.3 is 29.2 Å². The number of hydrogen-bond donors (Lipinski definition) is 1. The van der Waals surface area contributed by atoms with Crippen LogP contribution in [0.3, 0.4) is 0 Å². The van der Waals surface area contributed by atoms with Gasteiger partial charge in [0.05, 0.1) is 28.4 Å². The minimum atomic E-state index is -0.152. The number of benzene rings is 2. The molecule has 0 bridgehead atoms. The molecule has 1 heterocycles. The Bertz CT molecular complexity index is 1100. The summed E-state index contributed by atoms with van der Waals surface area (Å²) >= 11 is 0. The van der Waals surface area contributed by atoms with E-state index in [-0.39, 0.29) is 11.8 Å². The predicted molar refractivity (Wildman–Crippen MR) is 139 cm³/mol. The highest BCUT2D eigenvalue weighted by molar-refractivity contribution is 5.92. The van der Waals surface area contributed by atoms with Gasteiger partial charge in [0.2, 0.25) is 11.8 Å². The summed E-state index contributed by atoms with van der Waals surface area (Å²) in [5, 5.41) is 2.96. The molecule has 3 rings (SSSR count). The molecule has 0 unspecified atom stereocenters. The van der Waals surface area contributed by atoms with Gasteiger partial charge in [0.25, 0.3) is 0 Å². The van der Waals surface area contributed by atoms with Crippen molar-refractivity contribution in [2.45, 2.75) is 12.8 Å². The molecule has 0 saturated carbocycles. The summed E-state index contributed by atoms with van der Waals surface area (Å²) in [5.41, 5.74) is 1.70. The molecule has 2 aromatic carbocycles. The highest BCUT2D eigenvalue weighted by Gasteiger charge is 2.21. The Morgan fingerprint density at radius 3 is 1.81 bits per heavy atom. The second kappa shape index (κ2) is 13.2. The van der Waals surface area contributed by atoms with Crippen molar-refractivity contribution in [2.24, 2.45) is 5.92 Å². The summed E-state index contributed by atoms with van der Waals surface area (Å²) in [5.74, 6) is 2.68. The van der Waals surface area contributed by atoms with Crippen LogP contribution < -0.4 is 24.3 Å². The van der Waals surface area contributed by atoms with Crippen LogP contribution in [-0.2, 0) is 9.59 Å². The maximum absolute atomic E-state index is 12.6. The average molecular weight is 495 g/mol. The fraction of sp³-hybridized carbons (Fsp3) is 0.357. The van der Waals surface area contributed by atoms with E-state index >= 15 is 0 Å². The Morgan fingerprint density at radius 2 is 1.31 bits per heavy atom. The van der Waals surface area contributed by atoms with Crippen LogP contribution in [-0.4, -0.2) is 64.8 Å². The van der Waals surface area contributed by atoms with E-state index in [4.69, 9.17) is 18.9 Å². The molecule has 1 fully saturated rings. The first-order chi connectivity index (χ1) is 17.5. The van der Waals surface area contributed by atoms with Gasteiger partial charge >= 0.3 is 0 Å². The summed E-state index contributed by atoms with van der Waals surface area (Å²) in [7, 11) is 6.32. The smallest absolute Gasteiger partial charge is 0.246 e. The lowest BCUT2D eigenvalue weighted by Gasteiger charge is -2.31. The van der Waals surface area contributed by atoms with E-state index in [0.29, 0.717) is 48.6 Å². The minimum Gasteiger partial charge on any atom is -0.493 e. The number of carbonyl (C=O) groups is 2. The van der Waals surface area contributed by atoms with E-state index in [1.54, 1.807) is 52.7 Å². The molecule has 0 spiro atoms. The lowest BCUT2D eigenvalue weighted by molar-refractivity contribution is -0.127. The van der Waals surface area contributed by atoms with E-state index in [2.05, 4.69) is 5.32 Å². The molecule has 1 aliphatic rings. The largest absolute Gasteiger partial charge is 0.493 e. The molecule has 0 radical (unpaired) electrons. The number of ether oxygens (including phenoxy) is 4. The summed E-state index contributed by atoms with van der Waals surface area (Å²) in [6.45, 7) is 1.91. The number of amides is 2. The lowest BCUT2D eigenvalue weighted by Crippen LogP contribution is -2.40. The maximum Gasteiger partial charge on any atom is 0.246 e. The second-order valence-electron chi connectivity index (χ2n) is 8.41. The van der Waals surface area contributed by atoms with Crippen LogP contribution in [0.15, 0.2) is 48.6 Å². The van der Waals surface area contributed by atoms with Crippen molar-refractivity contribution in [1.29, 1.82) is 0 Å². The molecule has 8 heteroatoms. The van der Waals surface area contributed by atoms with Gasteiger partial charge in [-0.1, -0.05) is 12.1 Å². The quantitative estimate of drug-likeness (QED) is 0.506. The van der Waals surface area contributed by atoms with Crippen molar-refractivity contribution in [1.82, 2.24) is 10.2 Å². The topological polar surface area (TPSA) is 86.3 Å². The molecule has 36 heavy (non-hydrogen) atoms. The van der Waals surface area contributed by atoms with E-state index in [0.717, 1.165) is 24.0 Å². The second-order valence-corrected chi connectivity index (χ2v) is 8.41. The third kappa shape index (κ3) is 7.28. The van der Waals surface area contributed by atoms with Crippen molar-refractivity contribution < 1.29 is 28.5 Å². The molecule has 1 aliphatic heterocycles. The number of piperidine rings is 1. The monoisotopic (exact) mass is 494 g/mol. The Kier molecular flexibility index (Phi) is 9.80. The molecule has 0 atom stereocenters. The van der Waals surface area contributed by atoms with Gasteiger partial charge in [0.1, 0.15) is 0 Å². The number of methoxy groups -OCH3 is 4. The Labute approximate surface area is 212 Å². The van der Waals surface area contributed by atoms with Crippen molar-refractivity contribution in [2.75, 3.05) is 48.1 Å². The van der Waals surface area contributed by atoms with Crippen LogP contribution in [0.5, 0.6) is 23.0 Å². The summed E-state index contributed by atoms with van der Waals surface area (Å²) < 4.78 is 21.1. The molecule has 0 aromatic heterocycles. The van der Waals surface area contributed by atoms with Crippen molar-refractivity contribution >= 4 is 24.0 Å². The zero-order valence-electron chi connectivity index (χ0n) is 21.3. The number of rotatable bonds is 10. The van der Waals surface area contributed by atoms with Gasteiger partial charge in [-0.25, -0.2) is 0 Å². The van der Waals surface area contributed by atoms with E-state index in [1.165, 1.54) is 6.08 Å². The Balaban J connectivity index is 1.43. The van der Waals surface area contributed by atoms with Crippen molar-refractivity contribution in [3.05, 3.63) is 59.7 Å². The molecule has 2 amide bonds. The SMILES string of the molecule is COc1ccc(/C=C\C(=O)NCC2CCN(C(=O)/C=C\c3ccc(OC)c(OC)c3)CC2)cc1OC. The van der Waals surface area contributed by atoms with Gasteiger partial charge in [-0.05, 0) is 66.3 Å². The molecule has 2 aromatic rings. The third-order valence-corrected chi connectivity index (χ3v) is 6.15. The van der Waals surface area contributed by atoms with E-state index in [1.807, 2.05) is 35.2 Å². The number of likely N-dealkylation sites (tertiary alicyclic amines) is 1. The zero-order chi connectivity index (χ0) is 25.9. The predicted octanol–water partition coefficient (Wildman–Crippen LogP) is 3.80. The Hall–Kier alpha value is -3.94. The highest BCUT2D eigenvalue weighted by Crippen LogP contribution is 2.29. The van der Waals surface area contributed by atoms with Crippen LogP contribution >= 0.6 is 0 Å². The summed E-state index contributed by atoms with van der Waals surface area (Å²) in [4.78, 5) is 26.7. The number of hydrogen-bond acceptors (Lipinski definition) is 6. The minimum absolute atomic E-state index is 0.0230. The first-order valence-electron chi connectivity index (χ1n) is 11.8. The van der Waals surface area contributed by atoms with E-state index in [9.17, 15) is 9.59 Å². The first-order valence-corrected chi connectivity index (χ1v) is 11.8. The van der Waals surface area contributed by atoms with Gasteiger partial charge in [-0.2, -0.15) is 0 Å². The van der Waals surface area contributed by atoms with Gasteiger partial charge in [0, 0.05) is 31.8 Å². The van der Waals surface area contributed by atoms with Crippen LogP contribution in [0.4, 0.5) is 0 Å². The molecule has 0 aliphatic carbocycles. The highest BCUT2D eigenvalue weighted by atomic mass is 16.5. The standard InChI is InChI=1S/C28H34N2O6/c1-33-23-9-5-20(17-25(23)35-3)7-11-27(31)29-19-22-13-15-30(16-14-22)28(32)12-8-21-6-10-24(34-2)26(18-21)36-4/h5-12,17-18,22H,13-16,19H2,1-4H3,(H,29,31)/b11-7-,12-8-. The average Bonchev–Trinajstić information content (AvgIpc) is 2.93. The summed E-state index contributed by atoms with van der Waals surface area (Å²) in [6.07, 6.45) is 8.30. The maximum atomic E-state index is 12.6. The molecule has 1 N–H and O–H groups in total. The lowest BCUT2D eigenvalue weighted by atomic mass is 9.96. The molecular weight excluding hydrogens is 460 g/mol. The summed E-state index contributed by atoms with van der Waals surface area (Å²) in [6, 6.07) is 11.0. The van der Waals surface area contributed by atoms with Crippen LogP contribution in [0.1, 0.15) is 24.0 Å².